The van der Waals surface area contributed by atoms with Crippen molar-refractivity contribution in [3.63, 3.8) is 0 Å². The van der Waals surface area contributed by atoms with Crippen LogP contribution in [-0.2, 0) is 6.42 Å². The predicted octanol–water partition coefficient (Wildman–Crippen LogP) is 4.47. The van der Waals surface area contributed by atoms with Gasteiger partial charge in [0.2, 0.25) is 0 Å². The number of thiophene rings is 2. The fraction of sp³-hybridized carbons (Fsp3) is 0.333. The molecule has 0 radical (unpaired) electrons. The Morgan fingerprint density at radius 2 is 2.19 bits per heavy atom. The number of halogens is 1. The van der Waals surface area contributed by atoms with Gasteiger partial charge in [-0.25, -0.2) is 0 Å². The van der Waals surface area contributed by atoms with Crippen molar-refractivity contribution in [2.24, 2.45) is 0 Å². The summed E-state index contributed by atoms with van der Waals surface area (Å²) in [6, 6.07) is 6.89. The molecule has 2 rings (SSSR count). The quantitative estimate of drug-likeness (QED) is 0.858. The molecule has 0 saturated carbocycles. The molecule has 0 amide bonds. The molecule has 16 heavy (non-hydrogen) atoms. The normalized spacial score (nSPS) is 12.9. The van der Waals surface area contributed by atoms with E-state index in [0.717, 1.165) is 13.0 Å². The third-order valence-corrected chi connectivity index (χ3v) is 5.35. The maximum absolute atomic E-state index is 3.60. The third-order valence-electron chi connectivity index (χ3n) is 2.42. The number of hydrogen-bond acceptors (Lipinski definition) is 3. The van der Waals surface area contributed by atoms with Crippen LogP contribution in [0.5, 0.6) is 0 Å². The molecule has 1 N–H and O–H groups in total. The highest BCUT2D eigenvalue weighted by atomic mass is 79.9. The van der Waals surface area contributed by atoms with Crippen LogP contribution in [0.25, 0.3) is 0 Å². The first-order valence-electron chi connectivity index (χ1n) is 5.30. The number of nitrogens with one attached hydrogen (secondary N) is 1. The van der Waals surface area contributed by atoms with E-state index in [1.807, 2.05) is 22.7 Å². The molecule has 1 atom stereocenters. The Morgan fingerprint density at radius 1 is 1.31 bits per heavy atom. The van der Waals surface area contributed by atoms with Crippen LogP contribution >= 0.6 is 38.6 Å². The lowest BCUT2D eigenvalue weighted by Gasteiger charge is -2.15. The molecule has 86 valence electrons. The van der Waals surface area contributed by atoms with Gasteiger partial charge >= 0.3 is 0 Å². The number of likely N-dealkylation sites (N-methyl/N-ethyl adjacent to an activating group) is 1. The van der Waals surface area contributed by atoms with E-state index in [2.05, 4.69) is 57.1 Å². The lowest BCUT2D eigenvalue weighted by atomic mass is 10.1. The molecule has 1 nitrogen and oxygen atoms in total. The molecule has 4 heteroatoms. The summed E-state index contributed by atoms with van der Waals surface area (Å²) in [6.07, 6.45) is 1.06. The molecule has 0 fully saturated rings. The van der Waals surface area contributed by atoms with Crippen LogP contribution in [0.15, 0.2) is 33.4 Å². The van der Waals surface area contributed by atoms with E-state index in [-0.39, 0.29) is 0 Å². The Hall–Kier alpha value is -0.160. The molecule has 0 aliphatic rings. The molecule has 0 spiro atoms. The third kappa shape index (κ3) is 2.94. The van der Waals surface area contributed by atoms with Gasteiger partial charge in [-0.3, -0.25) is 0 Å². The molecule has 0 aliphatic carbocycles. The number of hydrogen-bond donors (Lipinski definition) is 1. The zero-order valence-electron chi connectivity index (χ0n) is 9.07. The molecular weight excluding hydrogens is 302 g/mol. The zero-order chi connectivity index (χ0) is 11.4. The molecule has 1 unspecified atom stereocenters. The Morgan fingerprint density at radius 3 is 2.75 bits per heavy atom. The van der Waals surface area contributed by atoms with Crippen molar-refractivity contribution < 1.29 is 0 Å². The second-order valence-electron chi connectivity index (χ2n) is 3.52. The van der Waals surface area contributed by atoms with Gasteiger partial charge in [0.1, 0.15) is 0 Å². The van der Waals surface area contributed by atoms with Gasteiger partial charge in [0, 0.05) is 26.7 Å². The fourth-order valence-corrected chi connectivity index (χ4v) is 4.03. The zero-order valence-corrected chi connectivity index (χ0v) is 12.3. The summed E-state index contributed by atoms with van der Waals surface area (Å²) in [7, 11) is 0. The first-order valence-corrected chi connectivity index (χ1v) is 7.85. The van der Waals surface area contributed by atoms with E-state index < -0.39 is 0 Å². The summed E-state index contributed by atoms with van der Waals surface area (Å²) in [5.41, 5.74) is 0. The minimum absolute atomic E-state index is 0.444. The maximum atomic E-state index is 3.60. The van der Waals surface area contributed by atoms with Gasteiger partial charge in [-0.05, 0) is 45.4 Å². The fourth-order valence-electron chi connectivity index (χ4n) is 1.67. The van der Waals surface area contributed by atoms with E-state index in [9.17, 15) is 0 Å². The summed E-state index contributed by atoms with van der Waals surface area (Å²) in [4.78, 5) is 2.83. The minimum Gasteiger partial charge on any atom is -0.309 e. The van der Waals surface area contributed by atoms with Gasteiger partial charge in [-0.1, -0.05) is 13.0 Å². The summed E-state index contributed by atoms with van der Waals surface area (Å²) in [5, 5.41) is 7.82. The van der Waals surface area contributed by atoms with Crippen molar-refractivity contribution in [2.45, 2.75) is 19.4 Å². The Kier molecular flexibility index (Phi) is 4.58. The average molecular weight is 316 g/mol. The second kappa shape index (κ2) is 5.96. The maximum Gasteiger partial charge on any atom is 0.0463 e. The summed E-state index contributed by atoms with van der Waals surface area (Å²) >= 11 is 7.24. The van der Waals surface area contributed by atoms with Crippen LogP contribution in [0.2, 0.25) is 0 Å². The standard InChI is InChI=1S/C12H14BrNS2/c1-2-14-10(11-4-3-6-15-11)8-12-9(13)5-7-16-12/h3-7,10,14H,2,8H2,1H3. The molecule has 0 bridgehead atoms. The first-order chi connectivity index (χ1) is 7.81. The molecule has 2 heterocycles. The largest absolute Gasteiger partial charge is 0.309 e. The Labute approximate surface area is 113 Å². The van der Waals surface area contributed by atoms with Gasteiger partial charge in [0.15, 0.2) is 0 Å². The van der Waals surface area contributed by atoms with Gasteiger partial charge in [-0.2, -0.15) is 0 Å². The van der Waals surface area contributed by atoms with Gasteiger partial charge in [0.05, 0.1) is 0 Å². The lowest BCUT2D eigenvalue weighted by Crippen LogP contribution is -2.21. The highest BCUT2D eigenvalue weighted by molar-refractivity contribution is 9.10. The monoisotopic (exact) mass is 315 g/mol. The van der Waals surface area contributed by atoms with Crippen LogP contribution in [0.1, 0.15) is 22.7 Å². The van der Waals surface area contributed by atoms with Gasteiger partial charge in [-0.15, -0.1) is 22.7 Å². The van der Waals surface area contributed by atoms with Crippen molar-refractivity contribution in [3.05, 3.63) is 43.2 Å². The topological polar surface area (TPSA) is 12.0 Å². The van der Waals surface area contributed by atoms with Crippen LogP contribution < -0.4 is 5.32 Å². The molecule has 2 aromatic rings. The molecule has 2 aromatic heterocycles. The van der Waals surface area contributed by atoms with E-state index in [4.69, 9.17) is 0 Å². The Balaban J connectivity index is 2.12. The molecule has 0 saturated heterocycles. The van der Waals surface area contributed by atoms with E-state index in [0.29, 0.717) is 6.04 Å². The van der Waals surface area contributed by atoms with E-state index >= 15 is 0 Å². The lowest BCUT2D eigenvalue weighted by molar-refractivity contribution is 0.561. The highest BCUT2D eigenvalue weighted by Gasteiger charge is 2.14. The van der Waals surface area contributed by atoms with Crippen LogP contribution in [-0.4, -0.2) is 6.54 Å². The van der Waals surface area contributed by atoms with Crippen LogP contribution in [0.3, 0.4) is 0 Å². The second-order valence-corrected chi connectivity index (χ2v) is 6.36. The van der Waals surface area contributed by atoms with Crippen molar-refractivity contribution in [2.75, 3.05) is 6.54 Å². The predicted molar refractivity (Wildman–Crippen MR) is 76.5 cm³/mol. The van der Waals surface area contributed by atoms with Crippen molar-refractivity contribution in [1.82, 2.24) is 5.32 Å². The smallest absolute Gasteiger partial charge is 0.0463 e. The average Bonchev–Trinajstić information content (AvgIpc) is 2.90. The SMILES string of the molecule is CCNC(Cc1sccc1Br)c1cccs1. The first kappa shape index (κ1) is 12.3. The summed E-state index contributed by atoms with van der Waals surface area (Å²) in [5.74, 6) is 0. The van der Waals surface area contributed by atoms with Crippen LogP contribution in [0, 0.1) is 0 Å². The van der Waals surface area contributed by atoms with Crippen LogP contribution in [0.4, 0.5) is 0 Å². The molecule has 0 aliphatic heterocycles. The molecular formula is C12H14BrNS2. The minimum atomic E-state index is 0.444. The van der Waals surface area contributed by atoms with Crippen molar-refractivity contribution >= 4 is 38.6 Å². The van der Waals surface area contributed by atoms with E-state index in [1.54, 1.807) is 0 Å². The van der Waals surface area contributed by atoms with Crippen molar-refractivity contribution in [3.8, 4) is 0 Å². The van der Waals surface area contributed by atoms with E-state index in [1.165, 1.54) is 14.2 Å². The summed E-state index contributed by atoms with van der Waals surface area (Å²) in [6.45, 7) is 3.16. The molecule has 0 aromatic carbocycles. The van der Waals surface area contributed by atoms with Gasteiger partial charge in [0.25, 0.3) is 0 Å². The Bertz CT molecular complexity index is 422. The number of rotatable bonds is 5. The van der Waals surface area contributed by atoms with Gasteiger partial charge < -0.3 is 5.32 Å². The highest BCUT2D eigenvalue weighted by Crippen LogP contribution is 2.29. The summed E-state index contributed by atoms with van der Waals surface area (Å²) < 4.78 is 1.23. The van der Waals surface area contributed by atoms with Crippen molar-refractivity contribution in [1.29, 1.82) is 0 Å².